The molecular weight excluding hydrogens is 296 g/mol. The van der Waals surface area contributed by atoms with Crippen molar-refractivity contribution >= 4 is 17.4 Å². The van der Waals surface area contributed by atoms with E-state index in [-0.39, 0.29) is 11.9 Å². The molecule has 0 atom stereocenters. The summed E-state index contributed by atoms with van der Waals surface area (Å²) in [4.78, 5) is 15.2. The highest BCUT2D eigenvalue weighted by Crippen LogP contribution is 2.18. The van der Waals surface area contributed by atoms with Gasteiger partial charge in [-0.05, 0) is 49.5 Å². The fourth-order valence-electron chi connectivity index (χ4n) is 2.10. The van der Waals surface area contributed by atoms with Gasteiger partial charge in [-0.2, -0.15) is 5.26 Å². The first-order valence-electron chi connectivity index (χ1n) is 7.18. The highest BCUT2D eigenvalue weighted by molar-refractivity contribution is 7.08. The predicted molar refractivity (Wildman–Crippen MR) is 85.5 cm³/mol. The van der Waals surface area contributed by atoms with Gasteiger partial charge >= 0.3 is 0 Å². The number of benzene rings is 1. The minimum atomic E-state index is -0.0359. The van der Waals surface area contributed by atoms with E-state index in [2.05, 4.69) is 15.7 Å². The Hall–Kier alpha value is -2.26. The zero-order valence-corrected chi connectivity index (χ0v) is 13.7. The maximum Gasteiger partial charge on any atom is 0.268 e. The monoisotopic (exact) mass is 314 g/mol. The molecule has 0 radical (unpaired) electrons. The van der Waals surface area contributed by atoms with Gasteiger partial charge in [-0.1, -0.05) is 23.5 Å². The van der Waals surface area contributed by atoms with Gasteiger partial charge in [0.2, 0.25) is 0 Å². The van der Waals surface area contributed by atoms with Crippen LogP contribution in [0.5, 0.6) is 0 Å². The van der Waals surface area contributed by atoms with Crippen LogP contribution in [0.3, 0.4) is 0 Å². The molecule has 0 spiro atoms. The summed E-state index contributed by atoms with van der Waals surface area (Å²) < 4.78 is 3.89. The van der Waals surface area contributed by atoms with E-state index in [0.717, 1.165) is 22.8 Å². The fourth-order valence-corrected chi connectivity index (χ4v) is 2.81. The Balaban J connectivity index is 2.22. The maximum atomic E-state index is 12.8. The summed E-state index contributed by atoms with van der Waals surface area (Å²) in [5, 5.41) is 12.9. The molecule has 1 aromatic carbocycles. The van der Waals surface area contributed by atoms with Crippen LogP contribution >= 0.6 is 11.5 Å². The zero-order chi connectivity index (χ0) is 16.1. The molecule has 5 nitrogen and oxygen atoms in total. The number of nitrogens with zero attached hydrogens (tertiary/aromatic N) is 4. The van der Waals surface area contributed by atoms with Crippen LogP contribution in [0.4, 0.5) is 0 Å². The Morgan fingerprint density at radius 3 is 2.59 bits per heavy atom. The molecule has 1 heterocycles. The van der Waals surface area contributed by atoms with E-state index >= 15 is 0 Å². The van der Waals surface area contributed by atoms with Crippen molar-refractivity contribution in [2.24, 2.45) is 0 Å². The van der Waals surface area contributed by atoms with Crippen LogP contribution in [-0.2, 0) is 13.0 Å². The Labute approximate surface area is 134 Å². The SMILES string of the molecule is CCc1nnsc1C(=O)N(Cc1ccc(C#N)cc1)C(C)C. The topological polar surface area (TPSA) is 69.9 Å². The molecule has 0 aliphatic heterocycles. The molecule has 0 unspecified atom stereocenters. The molecular formula is C16H18N4OS. The second-order valence-corrected chi connectivity index (χ2v) is 5.99. The van der Waals surface area contributed by atoms with Crippen LogP contribution in [0.2, 0.25) is 0 Å². The lowest BCUT2D eigenvalue weighted by Gasteiger charge is -2.26. The number of nitriles is 1. The Kier molecular flexibility index (Phi) is 5.23. The quantitative estimate of drug-likeness (QED) is 0.850. The smallest absolute Gasteiger partial charge is 0.268 e. The lowest BCUT2D eigenvalue weighted by molar-refractivity contribution is 0.0694. The van der Waals surface area contributed by atoms with Crippen molar-refractivity contribution in [2.45, 2.75) is 39.8 Å². The molecule has 6 heteroatoms. The Morgan fingerprint density at radius 1 is 1.36 bits per heavy atom. The van der Waals surface area contributed by atoms with Gasteiger partial charge in [0.1, 0.15) is 4.88 Å². The van der Waals surface area contributed by atoms with E-state index in [1.807, 2.05) is 32.9 Å². The number of aromatic nitrogens is 2. The van der Waals surface area contributed by atoms with Gasteiger partial charge in [0.15, 0.2) is 0 Å². The second kappa shape index (κ2) is 7.14. The van der Waals surface area contributed by atoms with Crippen molar-refractivity contribution in [3.8, 4) is 6.07 Å². The van der Waals surface area contributed by atoms with Crippen LogP contribution in [0.25, 0.3) is 0 Å². The molecule has 1 aromatic heterocycles. The first-order chi connectivity index (χ1) is 10.6. The van der Waals surface area contributed by atoms with Gasteiger partial charge in [-0.3, -0.25) is 4.79 Å². The number of rotatable bonds is 5. The number of amides is 1. The van der Waals surface area contributed by atoms with Crippen molar-refractivity contribution in [3.63, 3.8) is 0 Å². The summed E-state index contributed by atoms with van der Waals surface area (Å²) in [6.07, 6.45) is 0.695. The normalized spacial score (nSPS) is 10.5. The van der Waals surface area contributed by atoms with Gasteiger partial charge in [0.05, 0.1) is 17.3 Å². The van der Waals surface area contributed by atoms with Crippen molar-refractivity contribution in [2.75, 3.05) is 0 Å². The molecule has 0 N–H and O–H groups in total. The standard InChI is InChI=1S/C16H18N4OS/c1-4-14-15(22-19-18-14)16(21)20(11(2)3)10-13-7-5-12(9-17)6-8-13/h5-8,11H,4,10H2,1-3H3. The van der Waals surface area contributed by atoms with E-state index in [1.165, 1.54) is 0 Å². The molecule has 0 bridgehead atoms. The van der Waals surface area contributed by atoms with Crippen molar-refractivity contribution in [1.82, 2.24) is 14.5 Å². The van der Waals surface area contributed by atoms with E-state index in [9.17, 15) is 4.79 Å². The third-order valence-electron chi connectivity index (χ3n) is 3.41. The average molecular weight is 314 g/mol. The van der Waals surface area contributed by atoms with Crippen molar-refractivity contribution in [1.29, 1.82) is 5.26 Å². The van der Waals surface area contributed by atoms with Crippen molar-refractivity contribution in [3.05, 3.63) is 46.0 Å². The molecule has 0 aliphatic rings. The van der Waals surface area contributed by atoms with Gasteiger partial charge in [-0.25, -0.2) is 0 Å². The van der Waals surface area contributed by atoms with Crippen LogP contribution in [0, 0.1) is 11.3 Å². The summed E-state index contributed by atoms with van der Waals surface area (Å²) >= 11 is 1.15. The van der Waals surface area contributed by atoms with E-state index in [0.29, 0.717) is 23.4 Å². The number of hydrogen-bond donors (Lipinski definition) is 0. The van der Waals surface area contributed by atoms with Gasteiger partial charge in [0, 0.05) is 12.6 Å². The first-order valence-corrected chi connectivity index (χ1v) is 7.95. The molecule has 0 aliphatic carbocycles. The molecule has 2 rings (SSSR count). The predicted octanol–water partition coefficient (Wildman–Crippen LogP) is 3.02. The Morgan fingerprint density at radius 2 is 2.05 bits per heavy atom. The zero-order valence-electron chi connectivity index (χ0n) is 12.9. The lowest BCUT2D eigenvalue weighted by atomic mass is 10.1. The largest absolute Gasteiger partial charge is 0.331 e. The van der Waals surface area contributed by atoms with Crippen LogP contribution in [0.1, 0.15) is 47.3 Å². The lowest BCUT2D eigenvalue weighted by Crippen LogP contribution is -2.36. The average Bonchev–Trinajstić information content (AvgIpc) is 3.00. The summed E-state index contributed by atoms with van der Waals surface area (Å²) in [6, 6.07) is 9.46. The summed E-state index contributed by atoms with van der Waals surface area (Å²) in [7, 11) is 0. The maximum absolute atomic E-state index is 12.8. The minimum absolute atomic E-state index is 0.0359. The molecule has 0 saturated carbocycles. The highest BCUT2D eigenvalue weighted by atomic mass is 32.1. The van der Waals surface area contributed by atoms with E-state index in [1.54, 1.807) is 17.0 Å². The number of aryl methyl sites for hydroxylation is 1. The fraction of sp³-hybridized carbons (Fsp3) is 0.375. The molecule has 0 fully saturated rings. The van der Waals surface area contributed by atoms with Gasteiger partial charge in [0.25, 0.3) is 5.91 Å². The van der Waals surface area contributed by atoms with Crippen LogP contribution in [-0.4, -0.2) is 26.4 Å². The Bertz CT molecular complexity index is 685. The van der Waals surface area contributed by atoms with Crippen LogP contribution < -0.4 is 0 Å². The van der Waals surface area contributed by atoms with Gasteiger partial charge < -0.3 is 4.90 Å². The number of carbonyl (C=O) groups excluding carboxylic acids is 1. The number of carbonyl (C=O) groups is 1. The third kappa shape index (κ3) is 3.49. The molecule has 1 amide bonds. The molecule has 2 aromatic rings. The third-order valence-corrected chi connectivity index (χ3v) is 4.16. The molecule has 0 saturated heterocycles. The van der Waals surface area contributed by atoms with Crippen LogP contribution in [0.15, 0.2) is 24.3 Å². The number of hydrogen-bond acceptors (Lipinski definition) is 5. The van der Waals surface area contributed by atoms with Gasteiger partial charge in [-0.15, -0.1) is 5.10 Å². The summed E-state index contributed by atoms with van der Waals surface area (Å²) in [5.74, 6) is -0.0359. The summed E-state index contributed by atoms with van der Waals surface area (Å²) in [6.45, 7) is 6.44. The molecule has 114 valence electrons. The molecule has 22 heavy (non-hydrogen) atoms. The highest BCUT2D eigenvalue weighted by Gasteiger charge is 2.23. The van der Waals surface area contributed by atoms with E-state index in [4.69, 9.17) is 5.26 Å². The van der Waals surface area contributed by atoms with E-state index < -0.39 is 0 Å². The van der Waals surface area contributed by atoms with Crippen molar-refractivity contribution < 1.29 is 4.79 Å². The minimum Gasteiger partial charge on any atom is -0.331 e. The first kappa shape index (κ1) is 16.1. The summed E-state index contributed by atoms with van der Waals surface area (Å²) in [5.41, 5.74) is 2.36. The second-order valence-electron chi connectivity index (χ2n) is 5.24.